The number of aliphatic hydroxyl groups excluding tert-OH is 1. The quantitative estimate of drug-likeness (QED) is 0.636. The molecule has 0 aromatic rings. The van der Waals surface area contributed by atoms with Crippen molar-refractivity contribution in [3.63, 3.8) is 0 Å². The van der Waals surface area contributed by atoms with Gasteiger partial charge in [-0.3, -0.25) is 0 Å². The van der Waals surface area contributed by atoms with Gasteiger partial charge in [0.2, 0.25) is 0 Å². The van der Waals surface area contributed by atoms with Crippen LogP contribution in [0.5, 0.6) is 0 Å². The molecule has 0 radical (unpaired) electrons. The Morgan fingerprint density at radius 1 is 1.56 bits per heavy atom. The SMILES string of the molecule is C.CO.[Zr][C]1=CC=CC1. The van der Waals surface area contributed by atoms with Crippen LogP contribution in [-0.2, 0) is 24.7 Å². The van der Waals surface area contributed by atoms with Gasteiger partial charge in [-0.2, -0.15) is 0 Å². The Morgan fingerprint density at radius 2 is 2.11 bits per heavy atom. The molecule has 0 aliphatic heterocycles. The summed E-state index contributed by atoms with van der Waals surface area (Å²) in [7, 11) is 1.00. The van der Waals surface area contributed by atoms with E-state index >= 15 is 0 Å². The summed E-state index contributed by atoms with van der Waals surface area (Å²) >= 11 is 1.56. The van der Waals surface area contributed by atoms with Gasteiger partial charge in [-0.05, 0) is 0 Å². The molecule has 0 aromatic heterocycles. The molecule has 0 atom stereocenters. The van der Waals surface area contributed by atoms with Gasteiger partial charge in [0.15, 0.2) is 0 Å². The Balaban J connectivity index is 0. The van der Waals surface area contributed by atoms with Crippen molar-refractivity contribution in [2.45, 2.75) is 13.8 Å². The van der Waals surface area contributed by atoms with Crippen LogP contribution in [0.4, 0.5) is 0 Å². The third-order valence-electron chi connectivity index (χ3n) is 0.771. The van der Waals surface area contributed by atoms with Gasteiger partial charge in [0.1, 0.15) is 0 Å². The molecule has 0 saturated heterocycles. The molecule has 0 aromatic carbocycles. The summed E-state index contributed by atoms with van der Waals surface area (Å²) in [6.45, 7) is 0. The monoisotopic (exact) mass is 203 g/mol. The molecule has 1 nitrogen and oxygen atoms in total. The van der Waals surface area contributed by atoms with Gasteiger partial charge in [-0.15, -0.1) is 0 Å². The molecule has 0 amide bonds. The first-order chi connectivity index (χ1) is 3.89. The van der Waals surface area contributed by atoms with Crippen LogP contribution < -0.4 is 0 Å². The van der Waals surface area contributed by atoms with Crippen LogP contribution >= 0.6 is 0 Å². The van der Waals surface area contributed by atoms with Crippen molar-refractivity contribution in [2.75, 3.05) is 7.11 Å². The number of allylic oxidation sites excluding steroid dienone is 4. The Bertz CT molecular complexity index is 105. The minimum atomic E-state index is 0. The van der Waals surface area contributed by atoms with Crippen LogP contribution in [0, 0.1) is 0 Å². The number of aliphatic hydroxyl groups is 1. The van der Waals surface area contributed by atoms with Crippen LogP contribution in [0.15, 0.2) is 21.5 Å². The zero-order chi connectivity index (χ0) is 6.41. The molecule has 2 heteroatoms. The summed E-state index contributed by atoms with van der Waals surface area (Å²) in [6.07, 6.45) is 7.69. The zero-order valence-electron chi connectivity index (χ0n) is 4.89. The van der Waals surface area contributed by atoms with Gasteiger partial charge >= 0.3 is 52.6 Å². The van der Waals surface area contributed by atoms with Crippen LogP contribution in [-0.4, -0.2) is 12.2 Å². The van der Waals surface area contributed by atoms with E-state index < -0.39 is 0 Å². The van der Waals surface area contributed by atoms with Gasteiger partial charge in [-0.1, -0.05) is 7.43 Å². The van der Waals surface area contributed by atoms with E-state index in [-0.39, 0.29) is 7.43 Å². The number of rotatable bonds is 0. The molecule has 1 rings (SSSR count). The topological polar surface area (TPSA) is 20.2 Å². The maximum atomic E-state index is 7.00. The van der Waals surface area contributed by atoms with Gasteiger partial charge in [0, 0.05) is 7.11 Å². The van der Waals surface area contributed by atoms with Crippen molar-refractivity contribution < 1.29 is 29.8 Å². The Labute approximate surface area is 72.3 Å². The standard InChI is InChI=1S/C5H5.CH4O.CH4.Zr/c1-2-4-5-3-1;1-2;;/h1-3H,4H2;2H,1H3;1H4;. The van der Waals surface area contributed by atoms with Crippen molar-refractivity contribution in [1.29, 1.82) is 0 Å². The van der Waals surface area contributed by atoms with Crippen LogP contribution in [0.3, 0.4) is 0 Å². The fraction of sp³-hybridized carbons (Fsp3) is 0.429. The van der Waals surface area contributed by atoms with E-state index in [0.29, 0.717) is 0 Å². The molecular formula is C7H13OZr. The van der Waals surface area contributed by atoms with Gasteiger partial charge < -0.3 is 5.11 Å². The Morgan fingerprint density at radius 3 is 2.22 bits per heavy atom. The molecule has 0 bridgehead atoms. The summed E-state index contributed by atoms with van der Waals surface area (Å²) < 4.78 is 1.56. The molecule has 1 aliphatic rings. The second-order valence-electron chi connectivity index (χ2n) is 1.32. The summed E-state index contributed by atoms with van der Waals surface area (Å²) in [5.74, 6) is 0. The summed E-state index contributed by atoms with van der Waals surface area (Å²) in [5.41, 5.74) is 0. The van der Waals surface area contributed by atoms with Crippen molar-refractivity contribution in [3.05, 3.63) is 21.5 Å². The van der Waals surface area contributed by atoms with Crippen LogP contribution in [0.2, 0.25) is 0 Å². The molecule has 1 aliphatic carbocycles. The van der Waals surface area contributed by atoms with Crippen molar-refractivity contribution in [3.8, 4) is 0 Å². The molecule has 1 N–H and O–H groups in total. The van der Waals surface area contributed by atoms with E-state index in [1.807, 2.05) is 0 Å². The van der Waals surface area contributed by atoms with Crippen LogP contribution in [0.1, 0.15) is 13.8 Å². The predicted octanol–water partition coefficient (Wildman–Crippen LogP) is 1.62. The van der Waals surface area contributed by atoms with Crippen LogP contribution in [0.25, 0.3) is 0 Å². The average molecular weight is 204 g/mol. The van der Waals surface area contributed by atoms with E-state index in [2.05, 4.69) is 18.2 Å². The molecule has 51 valence electrons. The molecule has 0 saturated carbocycles. The molecule has 0 unspecified atom stereocenters. The third-order valence-corrected chi connectivity index (χ3v) is 1.68. The third kappa shape index (κ3) is 6.21. The predicted molar refractivity (Wildman–Crippen MR) is 36.7 cm³/mol. The van der Waals surface area contributed by atoms with E-state index in [4.69, 9.17) is 5.11 Å². The number of hydrogen-bond acceptors (Lipinski definition) is 1. The second kappa shape index (κ2) is 8.32. The average Bonchev–Trinajstić information content (AvgIpc) is 2.24. The number of hydrogen-bond donors (Lipinski definition) is 1. The van der Waals surface area contributed by atoms with E-state index in [1.165, 1.54) is 6.42 Å². The van der Waals surface area contributed by atoms with Gasteiger partial charge in [0.25, 0.3) is 0 Å². The first-order valence-corrected chi connectivity index (χ1v) is 3.64. The summed E-state index contributed by atoms with van der Waals surface area (Å²) in [5, 5.41) is 7.00. The van der Waals surface area contributed by atoms with E-state index in [0.717, 1.165) is 7.11 Å². The normalized spacial score (nSPS) is 12.8. The Kier molecular flexibility index (Phi) is 11.1. The van der Waals surface area contributed by atoms with Gasteiger partial charge in [0.05, 0.1) is 0 Å². The second-order valence-corrected chi connectivity index (χ2v) is 2.90. The Hall–Kier alpha value is 0.323. The van der Waals surface area contributed by atoms with E-state index in [1.54, 1.807) is 28.0 Å². The van der Waals surface area contributed by atoms with Crippen molar-refractivity contribution >= 4 is 0 Å². The molecular weight excluding hydrogens is 191 g/mol. The summed E-state index contributed by atoms with van der Waals surface area (Å²) in [6, 6.07) is 0. The first kappa shape index (κ1) is 12.0. The zero-order valence-corrected chi connectivity index (χ0v) is 7.34. The fourth-order valence-electron chi connectivity index (χ4n) is 0.447. The molecule has 0 spiro atoms. The fourth-order valence-corrected chi connectivity index (χ4v) is 0.973. The van der Waals surface area contributed by atoms with Crippen molar-refractivity contribution in [2.24, 2.45) is 0 Å². The van der Waals surface area contributed by atoms with Crippen molar-refractivity contribution in [1.82, 2.24) is 0 Å². The first-order valence-electron chi connectivity index (χ1n) is 2.41. The minimum absolute atomic E-state index is 0. The molecule has 9 heavy (non-hydrogen) atoms. The van der Waals surface area contributed by atoms with Gasteiger partial charge in [-0.25, -0.2) is 0 Å². The summed E-state index contributed by atoms with van der Waals surface area (Å²) in [4.78, 5) is 0. The van der Waals surface area contributed by atoms with E-state index in [9.17, 15) is 0 Å². The molecule has 0 fully saturated rings. The maximum absolute atomic E-state index is 7.00. The molecule has 0 heterocycles.